The maximum absolute atomic E-state index is 4.84. The Bertz CT molecular complexity index is 534. The molecule has 116 valence electrons. The molecule has 5 heteroatoms. The Morgan fingerprint density at radius 1 is 1.38 bits per heavy atom. The molecule has 0 fully saturated rings. The van der Waals surface area contributed by atoms with Crippen LogP contribution in [0.2, 0.25) is 0 Å². The lowest BCUT2D eigenvalue weighted by Gasteiger charge is -2.23. The third-order valence-electron chi connectivity index (χ3n) is 3.68. The van der Waals surface area contributed by atoms with Gasteiger partial charge in [0.15, 0.2) is 5.13 Å². The zero-order chi connectivity index (χ0) is 15.2. The van der Waals surface area contributed by atoms with Gasteiger partial charge in [0.05, 0.1) is 5.69 Å². The molecule has 0 aliphatic carbocycles. The quantitative estimate of drug-likeness (QED) is 0.797. The van der Waals surface area contributed by atoms with Crippen molar-refractivity contribution in [2.75, 3.05) is 18.5 Å². The fourth-order valence-corrected chi connectivity index (χ4v) is 4.23. The van der Waals surface area contributed by atoms with Crippen LogP contribution in [0, 0.1) is 0 Å². The number of thiazole rings is 1. The van der Waals surface area contributed by atoms with Crippen molar-refractivity contribution in [1.82, 2.24) is 10.3 Å². The molecule has 0 bridgehead atoms. The van der Waals surface area contributed by atoms with Gasteiger partial charge < -0.3 is 10.2 Å². The Kier molecular flexibility index (Phi) is 6.21. The molecule has 0 amide bonds. The molecule has 0 radical (unpaired) electrons. The number of rotatable bonds is 8. The van der Waals surface area contributed by atoms with E-state index in [1.165, 1.54) is 15.4 Å². The molecule has 2 aromatic heterocycles. The van der Waals surface area contributed by atoms with Crippen LogP contribution in [0.1, 0.15) is 36.2 Å². The average Bonchev–Trinajstić information content (AvgIpc) is 3.13. The first kappa shape index (κ1) is 16.5. The first-order chi connectivity index (χ1) is 10.2. The maximum Gasteiger partial charge on any atom is 0.185 e. The summed E-state index contributed by atoms with van der Waals surface area (Å²) in [4.78, 5) is 9.98. The zero-order valence-electron chi connectivity index (χ0n) is 13.3. The number of nitrogens with zero attached hydrogens (tertiary/aromatic N) is 2. The first-order valence-electron chi connectivity index (χ1n) is 7.60. The van der Waals surface area contributed by atoms with Crippen molar-refractivity contribution in [2.24, 2.45) is 0 Å². The van der Waals surface area contributed by atoms with Crippen molar-refractivity contribution in [1.29, 1.82) is 0 Å². The minimum absolute atomic E-state index is 0.464. The minimum atomic E-state index is 0.464. The highest BCUT2D eigenvalue weighted by Gasteiger charge is 2.17. The largest absolute Gasteiger partial charge is 0.348 e. The standard InChI is InChI=1S/C16H25N3S2/c1-5-14-15(11-17-6-2)21-16(18-14)19(4)12(3)10-13-8-7-9-20-13/h7-9,12,17H,5-6,10-11H2,1-4H3. The van der Waals surface area contributed by atoms with Crippen LogP contribution < -0.4 is 10.2 Å². The summed E-state index contributed by atoms with van der Waals surface area (Å²) >= 11 is 3.66. The molecule has 0 saturated carbocycles. The molecule has 1 N–H and O–H groups in total. The Morgan fingerprint density at radius 2 is 2.19 bits per heavy atom. The molecule has 2 rings (SSSR count). The maximum atomic E-state index is 4.84. The monoisotopic (exact) mass is 323 g/mol. The fraction of sp³-hybridized carbons (Fsp3) is 0.562. The van der Waals surface area contributed by atoms with Crippen molar-refractivity contribution in [3.63, 3.8) is 0 Å². The van der Waals surface area contributed by atoms with E-state index in [1.807, 2.05) is 22.7 Å². The molecule has 1 atom stereocenters. The van der Waals surface area contributed by atoms with E-state index in [1.54, 1.807) is 0 Å². The molecule has 2 aromatic rings. The molecule has 2 heterocycles. The highest BCUT2D eigenvalue weighted by atomic mass is 32.1. The number of nitrogens with one attached hydrogen (secondary N) is 1. The molecule has 21 heavy (non-hydrogen) atoms. The second kappa shape index (κ2) is 7.92. The van der Waals surface area contributed by atoms with Gasteiger partial charge in [0.2, 0.25) is 0 Å². The number of hydrogen-bond acceptors (Lipinski definition) is 5. The molecule has 0 spiro atoms. The van der Waals surface area contributed by atoms with Gasteiger partial charge in [0.25, 0.3) is 0 Å². The van der Waals surface area contributed by atoms with Crippen molar-refractivity contribution in [2.45, 2.75) is 46.2 Å². The van der Waals surface area contributed by atoms with Gasteiger partial charge in [0.1, 0.15) is 0 Å². The molecule has 0 saturated heterocycles. The lowest BCUT2D eigenvalue weighted by molar-refractivity contribution is 0.685. The van der Waals surface area contributed by atoms with Crippen molar-refractivity contribution in [3.05, 3.63) is 33.0 Å². The number of thiophene rings is 1. The van der Waals surface area contributed by atoms with E-state index in [9.17, 15) is 0 Å². The minimum Gasteiger partial charge on any atom is -0.348 e. The van der Waals surface area contributed by atoms with Gasteiger partial charge in [-0.1, -0.05) is 19.9 Å². The number of aromatic nitrogens is 1. The van der Waals surface area contributed by atoms with Gasteiger partial charge in [-0.15, -0.1) is 22.7 Å². The molecular formula is C16H25N3S2. The van der Waals surface area contributed by atoms with Gasteiger partial charge >= 0.3 is 0 Å². The number of aryl methyl sites for hydroxylation is 1. The molecule has 0 aliphatic heterocycles. The molecule has 1 unspecified atom stereocenters. The normalized spacial score (nSPS) is 12.6. The highest BCUT2D eigenvalue weighted by Crippen LogP contribution is 2.28. The van der Waals surface area contributed by atoms with E-state index in [0.717, 1.165) is 31.1 Å². The SMILES string of the molecule is CCNCc1sc(N(C)C(C)Cc2cccs2)nc1CC. The Labute approximate surface area is 136 Å². The summed E-state index contributed by atoms with van der Waals surface area (Å²) in [6, 6.07) is 4.80. The van der Waals surface area contributed by atoms with E-state index in [-0.39, 0.29) is 0 Å². The summed E-state index contributed by atoms with van der Waals surface area (Å²) in [6.07, 6.45) is 2.09. The predicted octanol–water partition coefficient (Wildman–Crippen LogP) is 3.94. The van der Waals surface area contributed by atoms with Crippen LogP contribution in [0.15, 0.2) is 17.5 Å². The molecule has 3 nitrogen and oxygen atoms in total. The summed E-state index contributed by atoms with van der Waals surface area (Å²) in [5, 5.41) is 6.70. The van der Waals surface area contributed by atoms with E-state index in [4.69, 9.17) is 4.98 Å². The van der Waals surface area contributed by atoms with Crippen LogP contribution in [-0.2, 0) is 19.4 Å². The van der Waals surface area contributed by atoms with Gasteiger partial charge in [0, 0.05) is 35.8 Å². The predicted molar refractivity (Wildman–Crippen MR) is 94.8 cm³/mol. The Hall–Kier alpha value is -0.910. The molecule has 0 aromatic carbocycles. The van der Waals surface area contributed by atoms with Gasteiger partial charge in [-0.3, -0.25) is 0 Å². The van der Waals surface area contributed by atoms with E-state index in [0.29, 0.717) is 6.04 Å². The zero-order valence-corrected chi connectivity index (χ0v) is 15.0. The Morgan fingerprint density at radius 3 is 2.81 bits per heavy atom. The Balaban J connectivity index is 2.07. The van der Waals surface area contributed by atoms with Gasteiger partial charge in [-0.25, -0.2) is 4.98 Å². The third kappa shape index (κ3) is 4.28. The summed E-state index contributed by atoms with van der Waals surface area (Å²) in [7, 11) is 2.16. The summed E-state index contributed by atoms with van der Waals surface area (Å²) in [5.41, 5.74) is 1.24. The van der Waals surface area contributed by atoms with E-state index >= 15 is 0 Å². The van der Waals surface area contributed by atoms with Crippen molar-refractivity contribution < 1.29 is 0 Å². The fourth-order valence-electron chi connectivity index (χ4n) is 2.22. The van der Waals surface area contributed by atoms with Gasteiger partial charge in [-0.2, -0.15) is 0 Å². The number of hydrogen-bond donors (Lipinski definition) is 1. The highest BCUT2D eigenvalue weighted by molar-refractivity contribution is 7.15. The average molecular weight is 324 g/mol. The van der Waals surface area contributed by atoms with Crippen LogP contribution in [0.3, 0.4) is 0 Å². The first-order valence-corrected chi connectivity index (χ1v) is 9.29. The molecular weight excluding hydrogens is 298 g/mol. The summed E-state index contributed by atoms with van der Waals surface area (Å²) in [5.74, 6) is 0. The second-order valence-corrected chi connectivity index (χ2v) is 7.34. The van der Waals surface area contributed by atoms with E-state index in [2.05, 4.69) is 55.5 Å². The van der Waals surface area contributed by atoms with Crippen molar-refractivity contribution in [3.8, 4) is 0 Å². The topological polar surface area (TPSA) is 28.2 Å². The summed E-state index contributed by atoms with van der Waals surface area (Å²) in [6.45, 7) is 8.54. The lowest BCUT2D eigenvalue weighted by atomic mass is 10.2. The lowest BCUT2D eigenvalue weighted by Crippen LogP contribution is -2.30. The van der Waals surface area contributed by atoms with E-state index < -0.39 is 0 Å². The van der Waals surface area contributed by atoms with Crippen LogP contribution in [0.5, 0.6) is 0 Å². The summed E-state index contributed by atoms with van der Waals surface area (Å²) < 4.78 is 0. The van der Waals surface area contributed by atoms with Crippen LogP contribution in [0.25, 0.3) is 0 Å². The number of likely N-dealkylation sites (N-methyl/N-ethyl adjacent to an activating group) is 1. The second-order valence-electron chi connectivity index (χ2n) is 5.24. The van der Waals surface area contributed by atoms with Crippen molar-refractivity contribution >= 4 is 27.8 Å². The third-order valence-corrected chi connectivity index (χ3v) is 5.76. The van der Waals surface area contributed by atoms with Crippen LogP contribution in [-0.4, -0.2) is 24.6 Å². The van der Waals surface area contributed by atoms with Crippen LogP contribution >= 0.6 is 22.7 Å². The smallest absolute Gasteiger partial charge is 0.185 e. The van der Waals surface area contributed by atoms with Crippen LogP contribution in [0.4, 0.5) is 5.13 Å². The number of anilines is 1. The van der Waals surface area contributed by atoms with Gasteiger partial charge in [-0.05, 0) is 31.3 Å². The molecule has 0 aliphatic rings.